The van der Waals surface area contributed by atoms with Gasteiger partial charge in [0, 0.05) is 43.4 Å². The van der Waals surface area contributed by atoms with E-state index in [1.807, 2.05) is 0 Å². The van der Waals surface area contributed by atoms with Gasteiger partial charge in [0.15, 0.2) is 17.5 Å². The molecule has 2 aliphatic heterocycles. The summed E-state index contributed by atoms with van der Waals surface area (Å²) in [4.78, 5) is 31.3. The number of carbonyl (C=O) groups is 2. The van der Waals surface area contributed by atoms with E-state index in [0.29, 0.717) is 48.6 Å². The Bertz CT molecular complexity index is 1540. The van der Waals surface area contributed by atoms with Crippen LogP contribution >= 0.6 is 0 Å². The molecule has 14 heteroatoms. The fraction of sp³-hybridized carbons (Fsp3) is 0.484. The van der Waals surface area contributed by atoms with Crippen molar-refractivity contribution in [2.45, 2.75) is 69.9 Å². The van der Waals surface area contributed by atoms with Gasteiger partial charge < -0.3 is 29.7 Å². The van der Waals surface area contributed by atoms with Crippen molar-refractivity contribution >= 4 is 17.8 Å². The normalized spacial score (nSPS) is 20.1. The van der Waals surface area contributed by atoms with E-state index in [-0.39, 0.29) is 29.7 Å². The van der Waals surface area contributed by atoms with Crippen LogP contribution in [-0.4, -0.2) is 76.8 Å². The first-order valence-electron chi connectivity index (χ1n) is 14.7. The lowest BCUT2D eigenvalue weighted by atomic mass is 9.96. The van der Waals surface area contributed by atoms with Crippen molar-refractivity contribution in [1.82, 2.24) is 25.0 Å². The Morgan fingerprint density at radius 1 is 1.04 bits per heavy atom. The highest BCUT2D eigenvalue weighted by Gasteiger charge is 2.46. The van der Waals surface area contributed by atoms with Crippen LogP contribution in [0.25, 0.3) is 11.3 Å². The molecule has 0 saturated carbocycles. The predicted octanol–water partition coefficient (Wildman–Crippen LogP) is 5.75. The van der Waals surface area contributed by atoms with Crippen LogP contribution in [0, 0.1) is 0 Å². The first-order valence-corrected chi connectivity index (χ1v) is 14.7. The summed E-state index contributed by atoms with van der Waals surface area (Å²) in [5.74, 6) is 0.674. The van der Waals surface area contributed by atoms with E-state index in [9.17, 15) is 22.8 Å². The maximum Gasteiger partial charge on any atom is 0.410 e. The van der Waals surface area contributed by atoms with Crippen LogP contribution in [0.1, 0.15) is 68.2 Å². The number of alkyl halides is 3. The van der Waals surface area contributed by atoms with Crippen molar-refractivity contribution in [3.63, 3.8) is 0 Å². The number of ether oxygens (including phenoxy) is 3. The molecule has 242 valence electrons. The minimum atomic E-state index is -4.55. The summed E-state index contributed by atoms with van der Waals surface area (Å²) in [6.45, 7) is 6.25. The van der Waals surface area contributed by atoms with Crippen LogP contribution in [-0.2, 0) is 4.74 Å². The fourth-order valence-corrected chi connectivity index (χ4v) is 5.53. The van der Waals surface area contributed by atoms with Crippen LogP contribution < -0.4 is 20.1 Å². The van der Waals surface area contributed by atoms with Crippen LogP contribution in [0.2, 0.25) is 0 Å². The zero-order valence-corrected chi connectivity index (χ0v) is 25.8. The van der Waals surface area contributed by atoms with Gasteiger partial charge in [-0.1, -0.05) is 6.07 Å². The number of likely N-dealkylation sites (tertiary alicyclic amines) is 1. The Balaban J connectivity index is 1.30. The number of fused-ring (bicyclic) bond motifs is 1. The van der Waals surface area contributed by atoms with E-state index in [1.165, 1.54) is 32.5 Å². The number of amides is 2. The molecule has 0 bridgehead atoms. The molecule has 4 heterocycles. The SMILES string of the molecule is COc1ccc(C2CC(C(F)(F)F)n3nc(-c4ccc(C(=O)NC5CCCN(C(=O)OC(C)(C)C)C5)nc4)cc3N2)cc1OC. The molecule has 0 radical (unpaired) electrons. The molecule has 0 aliphatic carbocycles. The van der Waals surface area contributed by atoms with Gasteiger partial charge in [-0.2, -0.15) is 18.3 Å². The summed E-state index contributed by atoms with van der Waals surface area (Å²) in [6.07, 6.45) is -2.44. The smallest absolute Gasteiger partial charge is 0.410 e. The number of halogens is 3. The van der Waals surface area contributed by atoms with Crippen LogP contribution in [0.15, 0.2) is 42.6 Å². The largest absolute Gasteiger partial charge is 0.493 e. The van der Waals surface area contributed by atoms with E-state index >= 15 is 0 Å². The van der Waals surface area contributed by atoms with Crippen molar-refractivity contribution in [3.8, 4) is 22.8 Å². The summed E-state index contributed by atoms with van der Waals surface area (Å²) < 4.78 is 59.7. The number of hydrogen-bond acceptors (Lipinski definition) is 8. The topological polar surface area (TPSA) is 120 Å². The first kappa shape index (κ1) is 31.9. The van der Waals surface area contributed by atoms with Gasteiger partial charge >= 0.3 is 12.3 Å². The highest BCUT2D eigenvalue weighted by atomic mass is 19.4. The van der Waals surface area contributed by atoms with Gasteiger partial charge in [-0.05, 0) is 63.4 Å². The predicted molar refractivity (Wildman–Crippen MR) is 159 cm³/mol. The van der Waals surface area contributed by atoms with E-state index in [2.05, 4.69) is 20.7 Å². The molecule has 3 aromatic rings. The Hall–Kier alpha value is -4.49. The molecule has 2 N–H and O–H groups in total. The number of rotatable bonds is 6. The van der Waals surface area contributed by atoms with Gasteiger partial charge in [0.2, 0.25) is 0 Å². The number of pyridine rings is 1. The number of nitrogens with zero attached hydrogens (tertiary/aromatic N) is 4. The molecular weight excluding hydrogens is 593 g/mol. The summed E-state index contributed by atoms with van der Waals surface area (Å²) >= 11 is 0. The lowest BCUT2D eigenvalue weighted by Crippen LogP contribution is -2.50. The molecule has 45 heavy (non-hydrogen) atoms. The zero-order valence-electron chi connectivity index (χ0n) is 25.8. The third-order valence-corrected chi connectivity index (χ3v) is 7.70. The maximum atomic E-state index is 14.2. The minimum Gasteiger partial charge on any atom is -0.493 e. The van der Waals surface area contributed by atoms with Crippen molar-refractivity contribution in [2.75, 3.05) is 32.6 Å². The summed E-state index contributed by atoms with van der Waals surface area (Å²) in [7, 11) is 2.96. The number of hydrogen-bond donors (Lipinski definition) is 2. The van der Waals surface area contributed by atoms with Crippen LogP contribution in [0.3, 0.4) is 0 Å². The second-order valence-corrected chi connectivity index (χ2v) is 12.1. The van der Waals surface area contributed by atoms with Gasteiger partial charge in [0.05, 0.1) is 26.0 Å². The van der Waals surface area contributed by atoms with Crippen molar-refractivity contribution in [1.29, 1.82) is 0 Å². The molecule has 2 amide bonds. The van der Waals surface area contributed by atoms with Gasteiger partial charge in [-0.25, -0.2) is 9.48 Å². The molecule has 0 spiro atoms. The molecule has 3 atom stereocenters. The molecule has 5 rings (SSSR count). The molecule has 11 nitrogen and oxygen atoms in total. The third-order valence-electron chi connectivity index (χ3n) is 7.70. The van der Waals surface area contributed by atoms with Crippen molar-refractivity contribution in [3.05, 3.63) is 53.9 Å². The fourth-order valence-electron chi connectivity index (χ4n) is 5.53. The van der Waals surface area contributed by atoms with E-state index < -0.39 is 35.9 Å². The quantitative estimate of drug-likeness (QED) is 0.353. The van der Waals surface area contributed by atoms with E-state index in [0.717, 1.165) is 4.68 Å². The van der Waals surface area contributed by atoms with Gasteiger partial charge in [-0.15, -0.1) is 0 Å². The molecule has 2 aromatic heterocycles. The summed E-state index contributed by atoms with van der Waals surface area (Å²) in [5.41, 5.74) is 0.854. The Kier molecular flexibility index (Phi) is 8.86. The lowest BCUT2D eigenvalue weighted by Gasteiger charge is -2.34. The van der Waals surface area contributed by atoms with Crippen LogP contribution in [0.5, 0.6) is 11.5 Å². The lowest BCUT2D eigenvalue weighted by molar-refractivity contribution is -0.173. The number of piperidine rings is 1. The monoisotopic (exact) mass is 630 g/mol. The average Bonchev–Trinajstić information content (AvgIpc) is 3.43. The van der Waals surface area contributed by atoms with Crippen molar-refractivity contribution in [2.24, 2.45) is 0 Å². The number of methoxy groups -OCH3 is 2. The standard InChI is InChI=1S/C31H37F3N6O5/c1-30(2,3)45-29(42)39-12-6-7-20(17-39)36-28(41)21-10-8-19(16-35-21)23-15-27-37-22(14-26(31(32,33)34)40(27)38-23)18-9-11-24(43-4)25(13-18)44-5/h8-11,13,15-16,20,22,26,37H,6-7,12,14,17H2,1-5H3,(H,36,41). The number of nitrogens with one attached hydrogen (secondary N) is 2. The molecule has 2 aliphatic rings. The molecule has 1 aromatic carbocycles. The Labute approximate surface area is 259 Å². The maximum absolute atomic E-state index is 14.2. The minimum absolute atomic E-state index is 0.136. The number of carbonyl (C=O) groups excluding carboxylic acids is 2. The Morgan fingerprint density at radius 2 is 1.80 bits per heavy atom. The molecule has 1 fully saturated rings. The van der Waals surface area contributed by atoms with Gasteiger partial charge in [0.25, 0.3) is 5.91 Å². The number of benzene rings is 1. The second kappa shape index (κ2) is 12.5. The summed E-state index contributed by atoms with van der Waals surface area (Å²) in [5, 5.41) is 10.4. The number of aromatic nitrogens is 3. The zero-order chi connectivity index (χ0) is 32.5. The highest BCUT2D eigenvalue weighted by Crippen LogP contribution is 2.45. The molecule has 1 saturated heterocycles. The number of anilines is 1. The first-order chi connectivity index (χ1) is 21.3. The highest BCUT2D eigenvalue weighted by molar-refractivity contribution is 5.92. The summed E-state index contributed by atoms with van der Waals surface area (Å²) in [6, 6.07) is 6.85. The van der Waals surface area contributed by atoms with Crippen molar-refractivity contribution < 1.29 is 37.0 Å². The Morgan fingerprint density at radius 3 is 2.44 bits per heavy atom. The van der Waals surface area contributed by atoms with E-state index in [4.69, 9.17) is 14.2 Å². The molecular formula is C31H37F3N6O5. The van der Waals surface area contributed by atoms with Crippen LogP contribution in [0.4, 0.5) is 23.8 Å². The van der Waals surface area contributed by atoms with E-state index in [1.54, 1.807) is 49.9 Å². The van der Waals surface area contributed by atoms with Gasteiger partial charge in [-0.3, -0.25) is 9.78 Å². The molecule has 3 unspecified atom stereocenters. The third kappa shape index (κ3) is 7.26. The average molecular weight is 631 g/mol. The second-order valence-electron chi connectivity index (χ2n) is 12.1. The van der Waals surface area contributed by atoms with Gasteiger partial charge in [0.1, 0.15) is 17.1 Å².